The number of nitrogens with zero attached hydrogens (tertiary/aromatic N) is 3. The molecule has 8 heavy (non-hydrogen) atoms. The van der Waals surface area contributed by atoms with Gasteiger partial charge in [0.25, 0.3) is 0 Å². The van der Waals surface area contributed by atoms with Crippen molar-refractivity contribution < 1.29 is 0 Å². The molecule has 0 saturated heterocycles. The first kappa shape index (κ1) is 6.32. The molecule has 0 unspecified atom stereocenters. The molecular formula is C4H2N4. The van der Waals surface area contributed by atoms with Crippen molar-refractivity contribution in [3.05, 3.63) is 11.8 Å². The van der Waals surface area contributed by atoms with Crippen LogP contribution in [0.5, 0.6) is 0 Å². The number of allylic oxidation sites excluding steroid dienone is 2. The molecule has 0 radical (unpaired) electrons. The maximum Gasteiger partial charge on any atom is 0.172 e. The smallest absolute Gasteiger partial charge is 0.172 e. The Morgan fingerprint density at radius 1 is 1.62 bits per heavy atom. The predicted octanol–water partition coefficient (Wildman–Crippen LogP) is 0.948. The van der Waals surface area contributed by atoms with Gasteiger partial charge in [0.15, 0.2) is 5.70 Å². The zero-order valence-corrected chi connectivity index (χ0v) is 3.92. The van der Waals surface area contributed by atoms with E-state index in [4.69, 9.17) is 16.1 Å². The van der Waals surface area contributed by atoms with Gasteiger partial charge < -0.3 is 0 Å². The summed E-state index contributed by atoms with van der Waals surface area (Å²) < 4.78 is 0. The van der Waals surface area contributed by atoms with Gasteiger partial charge in [-0.05, 0) is 0 Å². The largest absolute Gasteiger partial charge is 0.204 e. The van der Waals surface area contributed by atoms with Gasteiger partial charge in [-0.2, -0.15) is 10.5 Å². The predicted molar refractivity (Wildman–Crippen MR) is 24.5 cm³/mol. The highest BCUT2D eigenvalue weighted by atomic mass is 15.0. The van der Waals surface area contributed by atoms with E-state index in [0.717, 1.165) is 6.08 Å². The van der Waals surface area contributed by atoms with Crippen molar-refractivity contribution >= 4 is 0 Å². The second kappa shape index (κ2) is 3.51. The Kier molecular flexibility index (Phi) is 2.77. The highest BCUT2D eigenvalue weighted by Crippen LogP contribution is 1.89. The summed E-state index contributed by atoms with van der Waals surface area (Å²) in [7, 11) is 0. The molecule has 1 N–H and O–H groups in total. The first-order valence-electron chi connectivity index (χ1n) is 1.72. The van der Waals surface area contributed by atoms with E-state index in [-0.39, 0.29) is 5.70 Å². The molecule has 4 heteroatoms. The average molecular weight is 106 g/mol. The van der Waals surface area contributed by atoms with Crippen molar-refractivity contribution in [2.45, 2.75) is 0 Å². The van der Waals surface area contributed by atoms with Gasteiger partial charge in [0, 0.05) is 0 Å². The van der Waals surface area contributed by atoms with Gasteiger partial charge in [-0.1, -0.05) is 0 Å². The van der Waals surface area contributed by atoms with Crippen LogP contribution in [0.1, 0.15) is 0 Å². The Balaban J connectivity index is 4.20. The third-order valence-electron chi connectivity index (χ3n) is 0.436. The third kappa shape index (κ3) is 1.68. The van der Waals surface area contributed by atoms with Crippen LogP contribution in [0.3, 0.4) is 0 Å². The fourth-order valence-corrected chi connectivity index (χ4v) is 0.151. The highest BCUT2D eigenvalue weighted by molar-refractivity contribution is 5.24. The molecule has 0 bridgehead atoms. The molecule has 0 atom stereocenters. The van der Waals surface area contributed by atoms with Crippen LogP contribution in [0, 0.1) is 28.2 Å². The van der Waals surface area contributed by atoms with Crippen molar-refractivity contribution in [1.29, 1.82) is 16.1 Å². The van der Waals surface area contributed by atoms with E-state index in [1.54, 1.807) is 6.07 Å². The van der Waals surface area contributed by atoms with Gasteiger partial charge in [0.2, 0.25) is 0 Å². The summed E-state index contributed by atoms with van der Waals surface area (Å²) in [4.78, 5) is 0. The van der Waals surface area contributed by atoms with Gasteiger partial charge in [-0.15, -0.1) is 5.11 Å². The summed E-state index contributed by atoms with van der Waals surface area (Å²) in [5.41, 5.74) is 6.07. The minimum absolute atomic E-state index is 0.174. The Labute approximate surface area is 46.2 Å². The van der Waals surface area contributed by atoms with E-state index >= 15 is 0 Å². The zero-order chi connectivity index (χ0) is 6.41. The third-order valence-corrected chi connectivity index (χ3v) is 0.436. The number of rotatable bonds is 1. The maximum atomic E-state index is 7.97. The lowest BCUT2D eigenvalue weighted by atomic mass is 10.5. The monoisotopic (exact) mass is 106 g/mol. The molecule has 0 aliphatic carbocycles. The molecular weight excluding hydrogens is 104 g/mol. The molecule has 0 aliphatic rings. The Bertz CT molecular complexity index is 189. The van der Waals surface area contributed by atoms with Crippen LogP contribution in [-0.2, 0) is 0 Å². The Morgan fingerprint density at radius 3 is 2.38 bits per heavy atom. The van der Waals surface area contributed by atoms with Crippen molar-refractivity contribution in [2.24, 2.45) is 5.11 Å². The van der Waals surface area contributed by atoms with Crippen LogP contribution in [0.2, 0.25) is 0 Å². The number of nitrogens with one attached hydrogen (secondary N) is 1. The minimum atomic E-state index is -0.174. The van der Waals surface area contributed by atoms with Crippen LogP contribution in [0.25, 0.3) is 0 Å². The van der Waals surface area contributed by atoms with Crippen molar-refractivity contribution in [2.75, 3.05) is 0 Å². The van der Waals surface area contributed by atoms with E-state index in [1.807, 2.05) is 0 Å². The molecule has 0 fully saturated rings. The topological polar surface area (TPSA) is 83.8 Å². The van der Waals surface area contributed by atoms with Gasteiger partial charge in [-0.3, -0.25) is 0 Å². The maximum absolute atomic E-state index is 7.97. The molecule has 0 rings (SSSR count). The lowest BCUT2D eigenvalue weighted by molar-refractivity contribution is 1.09. The van der Waals surface area contributed by atoms with E-state index in [2.05, 4.69) is 5.11 Å². The first-order valence-corrected chi connectivity index (χ1v) is 1.72. The van der Waals surface area contributed by atoms with Crippen LogP contribution < -0.4 is 0 Å². The van der Waals surface area contributed by atoms with Crippen molar-refractivity contribution in [1.82, 2.24) is 0 Å². The molecule has 0 amide bonds. The van der Waals surface area contributed by atoms with Gasteiger partial charge >= 0.3 is 0 Å². The van der Waals surface area contributed by atoms with E-state index in [9.17, 15) is 0 Å². The van der Waals surface area contributed by atoms with E-state index in [0.29, 0.717) is 0 Å². The molecule has 0 aromatic carbocycles. The Morgan fingerprint density at radius 2 is 2.25 bits per heavy atom. The normalized spacial score (nSPS) is 9.00. The van der Waals surface area contributed by atoms with E-state index < -0.39 is 0 Å². The first-order chi connectivity index (χ1) is 3.85. The standard InChI is InChI=1S/C4H2N4/c5-2-1-4(3-6)8-7/h1,7H/b4-1+,8-7?. The molecule has 0 spiro atoms. The number of hydrogen-bond acceptors (Lipinski definition) is 4. The van der Waals surface area contributed by atoms with Crippen LogP contribution in [-0.4, -0.2) is 0 Å². The SMILES string of the molecule is N#C/C=C(\C#N)N=N. The molecule has 38 valence electrons. The van der Waals surface area contributed by atoms with Crippen LogP contribution in [0.15, 0.2) is 16.9 Å². The van der Waals surface area contributed by atoms with Crippen molar-refractivity contribution in [3.8, 4) is 12.1 Å². The second-order valence-electron chi connectivity index (χ2n) is 0.882. The summed E-state index contributed by atoms with van der Waals surface area (Å²) in [6, 6.07) is 3.11. The average Bonchev–Trinajstić information content (AvgIpc) is 1.83. The fourth-order valence-electron chi connectivity index (χ4n) is 0.151. The number of nitriles is 2. The minimum Gasteiger partial charge on any atom is -0.204 e. The highest BCUT2D eigenvalue weighted by Gasteiger charge is 1.84. The molecule has 0 aromatic heterocycles. The quantitative estimate of drug-likeness (QED) is 0.398. The summed E-state index contributed by atoms with van der Waals surface area (Å²) in [5.74, 6) is 0. The second-order valence-corrected chi connectivity index (χ2v) is 0.882. The summed E-state index contributed by atoms with van der Waals surface area (Å²) in [6.45, 7) is 0. The summed E-state index contributed by atoms with van der Waals surface area (Å²) >= 11 is 0. The van der Waals surface area contributed by atoms with Gasteiger partial charge in [0.1, 0.15) is 6.07 Å². The molecule has 0 saturated carbocycles. The van der Waals surface area contributed by atoms with Crippen molar-refractivity contribution in [3.63, 3.8) is 0 Å². The zero-order valence-electron chi connectivity index (χ0n) is 3.92. The molecule has 4 nitrogen and oxygen atoms in total. The van der Waals surface area contributed by atoms with Crippen LogP contribution >= 0.6 is 0 Å². The van der Waals surface area contributed by atoms with Crippen LogP contribution in [0.4, 0.5) is 0 Å². The fraction of sp³-hybridized carbons (Fsp3) is 0. The van der Waals surface area contributed by atoms with Gasteiger partial charge in [0.05, 0.1) is 12.1 Å². The lowest BCUT2D eigenvalue weighted by Gasteiger charge is -1.71. The van der Waals surface area contributed by atoms with Gasteiger partial charge in [-0.25, -0.2) is 5.53 Å². The molecule has 0 aromatic rings. The van der Waals surface area contributed by atoms with E-state index in [1.165, 1.54) is 6.07 Å². The molecule has 0 aliphatic heterocycles. The molecule has 0 heterocycles. The summed E-state index contributed by atoms with van der Waals surface area (Å²) in [6.07, 6.45) is 0.910. The lowest BCUT2D eigenvalue weighted by Crippen LogP contribution is -1.64. The number of hydrogen-bond donors (Lipinski definition) is 1. The summed E-state index contributed by atoms with van der Waals surface area (Å²) in [5, 5.41) is 18.6. The Hall–Kier alpha value is -1.68.